The van der Waals surface area contributed by atoms with Crippen LogP contribution >= 0.6 is 0 Å². The van der Waals surface area contributed by atoms with Crippen LogP contribution in [0.25, 0.3) is 11.5 Å². The number of rotatable bonds is 3. The minimum Gasteiger partial charge on any atom is -0.334 e. The van der Waals surface area contributed by atoms with Gasteiger partial charge in [0.1, 0.15) is 5.82 Å². The molecule has 0 radical (unpaired) electrons. The Morgan fingerprint density at radius 3 is 2.67 bits per heavy atom. The van der Waals surface area contributed by atoms with E-state index < -0.39 is 5.41 Å². The van der Waals surface area contributed by atoms with Crippen molar-refractivity contribution in [1.82, 2.24) is 15.1 Å². The monoisotopic (exact) mass is 323 g/mol. The van der Waals surface area contributed by atoms with E-state index in [4.69, 9.17) is 4.52 Å². The topological polar surface area (TPSA) is 51.8 Å². The van der Waals surface area contributed by atoms with Crippen molar-refractivity contribution in [2.24, 2.45) is 0 Å². The lowest BCUT2D eigenvalue weighted by Gasteiger charge is -2.26. The smallest absolute Gasteiger partial charge is 0.259 e. The first-order valence-corrected chi connectivity index (χ1v) is 8.21. The fourth-order valence-corrected chi connectivity index (χ4v) is 3.66. The van der Waals surface area contributed by atoms with E-state index in [-0.39, 0.29) is 5.82 Å². The molecule has 2 heterocycles. The summed E-state index contributed by atoms with van der Waals surface area (Å²) in [5.41, 5.74) is 2.01. The summed E-state index contributed by atoms with van der Waals surface area (Å²) in [4.78, 5) is 8.76. The van der Waals surface area contributed by atoms with Crippen LogP contribution in [0.2, 0.25) is 0 Å². The van der Waals surface area contributed by atoms with Gasteiger partial charge in [0.25, 0.3) is 5.89 Å². The minimum atomic E-state index is -0.497. The summed E-state index contributed by atoms with van der Waals surface area (Å²) in [6.45, 7) is 1.98. The highest BCUT2D eigenvalue weighted by atomic mass is 19.1. The molecule has 0 bridgehead atoms. The summed E-state index contributed by atoms with van der Waals surface area (Å²) in [7, 11) is 0. The van der Waals surface area contributed by atoms with Gasteiger partial charge >= 0.3 is 0 Å². The minimum absolute atomic E-state index is 0.205. The molecular formula is C19H18FN3O. The van der Waals surface area contributed by atoms with E-state index in [0.29, 0.717) is 17.3 Å². The van der Waals surface area contributed by atoms with E-state index in [1.165, 1.54) is 6.07 Å². The average molecular weight is 323 g/mol. The van der Waals surface area contributed by atoms with Crippen LogP contribution < -0.4 is 0 Å². The Labute approximate surface area is 139 Å². The molecule has 0 unspecified atom stereocenters. The van der Waals surface area contributed by atoms with Crippen molar-refractivity contribution in [1.29, 1.82) is 0 Å². The number of aryl methyl sites for hydroxylation is 1. The Morgan fingerprint density at radius 1 is 1.12 bits per heavy atom. The highest BCUT2D eigenvalue weighted by molar-refractivity contribution is 5.56. The first-order valence-electron chi connectivity index (χ1n) is 8.21. The molecule has 0 N–H and O–H groups in total. The molecule has 1 aliphatic rings. The lowest BCUT2D eigenvalue weighted by Crippen LogP contribution is -2.26. The maximum Gasteiger partial charge on any atom is 0.259 e. The fourth-order valence-electron chi connectivity index (χ4n) is 3.66. The average Bonchev–Trinajstić information content (AvgIpc) is 3.26. The van der Waals surface area contributed by atoms with Crippen LogP contribution in [-0.4, -0.2) is 15.1 Å². The summed E-state index contributed by atoms with van der Waals surface area (Å²) >= 11 is 0. The second-order valence-corrected chi connectivity index (χ2v) is 6.38. The Hall–Kier alpha value is -2.56. The largest absolute Gasteiger partial charge is 0.334 e. The molecule has 1 fully saturated rings. The van der Waals surface area contributed by atoms with E-state index in [0.717, 1.165) is 36.8 Å². The van der Waals surface area contributed by atoms with Crippen LogP contribution in [0.5, 0.6) is 0 Å². The molecule has 0 spiro atoms. The summed E-state index contributed by atoms with van der Waals surface area (Å²) in [6.07, 6.45) is 7.18. The van der Waals surface area contributed by atoms with Crippen molar-refractivity contribution < 1.29 is 8.91 Å². The third-order valence-corrected chi connectivity index (χ3v) is 4.97. The van der Waals surface area contributed by atoms with Gasteiger partial charge in [-0.1, -0.05) is 36.2 Å². The van der Waals surface area contributed by atoms with Gasteiger partial charge in [0.05, 0.1) is 11.0 Å². The van der Waals surface area contributed by atoms with Gasteiger partial charge in [-0.05, 0) is 37.5 Å². The standard InChI is InChI=1S/C19H18FN3O/c1-13-8-11-21-12-14(13)17-22-18(23-24-17)19(9-4-5-10-19)15-6-2-3-7-16(15)20/h2-3,6-8,11-12H,4-5,9-10H2,1H3. The predicted octanol–water partition coefficient (Wildman–Crippen LogP) is 4.44. The van der Waals surface area contributed by atoms with Crippen LogP contribution in [0.15, 0.2) is 47.2 Å². The van der Waals surface area contributed by atoms with Gasteiger partial charge in [-0.15, -0.1) is 0 Å². The maximum absolute atomic E-state index is 14.5. The quantitative estimate of drug-likeness (QED) is 0.715. The van der Waals surface area contributed by atoms with Gasteiger partial charge in [0, 0.05) is 18.0 Å². The van der Waals surface area contributed by atoms with Crippen molar-refractivity contribution in [2.45, 2.75) is 38.0 Å². The van der Waals surface area contributed by atoms with Gasteiger partial charge < -0.3 is 4.52 Å². The van der Waals surface area contributed by atoms with Gasteiger partial charge in [-0.2, -0.15) is 4.98 Å². The highest BCUT2D eigenvalue weighted by Gasteiger charge is 2.43. The molecule has 24 heavy (non-hydrogen) atoms. The van der Waals surface area contributed by atoms with Crippen LogP contribution in [0.1, 0.15) is 42.6 Å². The van der Waals surface area contributed by atoms with Crippen LogP contribution in [0, 0.1) is 12.7 Å². The maximum atomic E-state index is 14.5. The summed E-state index contributed by atoms with van der Waals surface area (Å²) in [5, 5.41) is 4.22. The number of pyridine rings is 1. The van der Waals surface area contributed by atoms with Crippen molar-refractivity contribution in [3.8, 4) is 11.5 Å². The third-order valence-electron chi connectivity index (χ3n) is 4.97. The molecule has 0 amide bonds. The number of halogens is 1. The van der Waals surface area contributed by atoms with Crippen LogP contribution in [0.4, 0.5) is 4.39 Å². The molecule has 0 atom stereocenters. The van der Waals surface area contributed by atoms with E-state index in [1.807, 2.05) is 25.1 Å². The molecule has 1 aromatic carbocycles. The number of nitrogens with zero attached hydrogens (tertiary/aromatic N) is 3. The normalized spacial score (nSPS) is 16.4. The molecule has 1 saturated carbocycles. The molecule has 2 aromatic heterocycles. The van der Waals surface area contributed by atoms with E-state index in [1.54, 1.807) is 18.5 Å². The zero-order chi connectivity index (χ0) is 16.6. The third kappa shape index (κ3) is 2.31. The lowest BCUT2D eigenvalue weighted by molar-refractivity contribution is 0.389. The molecular weight excluding hydrogens is 305 g/mol. The molecule has 0 saturated heterocycles. The summed E-state index contributed by atoms with van der Waals surface area (Å²) in [6, 6.07) is 8.82. The number of aromatic nitrogens is 3. The summed E-state index contributed by atoms with van der Waals surface area (Å²) < 4.78 is 20.0. The lowest BCUT2D eigenvalue weighted by atomic mass is 9.78. The first-order chi connectivity index (χ1) is 11.7. The Balaban J connectivity index is 1.82. The zero-order valence-corrected chi connectivity index (χ0v) is 13.5. The molecule has 1 aliphatic carbocycles. The van der Waals surface area contributed by atoms with E-state index >= 15 is 0 Å². The van der Waals surface area contributed by atoms with Gasteiger partial charge in [-0.25, -0.2) is 4.39 Å². The summed E-state index contributed by atoms with van der Waals surface area (Å²) in [5.74, 6) is 0.810. The van der Waals surface area contributed by atoms with E-state index in [9.17, 15) is 4.39 Å². The molecule has 4 rings (SSSR count). The van der Waals surface area contributed by atoms with E-state index in [2.05, 4.69) is 15.1 Å². The van der Waals surface area contributed by atoms with Crippen molar-refractivity contribution >= 4 is 0 Å². The fraction of sp³-hybridized carbons (Fsp3) is 0.316. The molecule has 122 valence electrons. The predicted molar refractivity (Wildman–Crippen MR) is 87.9 cm³/mol. The van der Waals surface area contributed by atoms with Crippen LogP contribution in [0.3, 0.4) is 0 Å². The molecule has 3 aromatic rings. The van der Waals surface area contributed by atoms with Crippen LogP contribution in [-0.2, 0) is 5.41 Å². The molecule has 5 heteroatoms. The molecule has 0 aliphatic heterocycles. The number of benzene rings is 1. The van der Waals surface area contributed by atoms with Gasteiger partial charge in [0.2, 0.25) is 0 Å². The first kappa shape index (κ1) is 15.0. The van der Waals surface area contributed by atoms with Crippen molar-refractivity contribution in [3.05, 3.63) is 65.5 Å². The van der Waals surface area contributed by atoms with Gasteiger partial charge in [-0.3, -0.25) is 4.98 Å². The second kappa shape index (κ2) is 5.82. The van der Waals surface area contributed by atoms with Crippen molar-refractivity contribution in [3.63, 3.8) is 0 Å². The number of hydrogen-bond donors (Lipinski definition) is 0. The second-order valence-electron chi connectivity index (χ2n) is 6.38. The van der Waals surface area contributed by atoms with Gasteiger partial charge in [0.15, 0.2) is 5.82 Å². The Bertz CT molecular complexity index is 868. The number of hydrogen-bond acceptors (Lipinski definition) is 4. The Kier molecular flexibility index (Phi) is 3.63. The SMILES string of the molecule is Cc1ccncc1-c1nc(C2(c3ccccc3F)CCCC2)no1. The molecule has 4 nitrogen and oxygen atoms in total. The van der Waals surface area contributed by atoms with Crippen molar-refractivity contribution in [2.75, 3.05) is 0 Å². The highest BCUT2D eigenvalue weighted by Crippen LogP contribution is 2.46. The Morgan fingerprint density at radius 2 is 1.92 bits per heavy atom. The zero-order valence-electron chi connectivity index (χ0n) is 13.5.